The van der Waals surface area contributed by atoms with E-state index in [4.69, 9.17) is 14.4 Å². The lowest BCUT2D eigenvalue weighted by Crippen LogP contribution is -2.17. The number of fused-ring (bicyclic) bond motifs is 12. The molecule has 0 saturated carbocycles. The van der Waals surface area contributed by atoms with Crippen LogP contribution in [-0.4, -0.2) is 16.1 Å². The number of hydrogen-bond donors (Lipinski definition) is 0. The summed E-state index contributed by atoms with van der Waals surface area (Å²) in [6.07, 6.45) is 3.12. The molecule has 5 heteroatoms. The Balaban J connectivity index is 1.12. The summed E-state index contributed by atoms with van der Waals surface area (Å²) in [7, 11) is 0. The van der Waals surface area contributed by atoms with Crippen LogP contribution in [0.4, 0.5) is 0 Å². The lowest BCUT2D eigenvalue weighted by molar-refractivity contribution is 0.670. The fourth-order valence-electron chi connectivity index (χ4n) is 9.83. The third kappa shape index (κ3) is 5.38. The number of furan rings is 1. The normalized spacial score (nSPS) is 17.4. The molecule has 9 aromatic carbocycles. The molecule has 0 fully saturated rings. The van der Waals surface area contributed by atoms with Gasteiger partial charge in [0, 0.05) is 64.1 Å². The van der Waals surface area contributed by atoms with Crippen LogP contribution in [0.3, 0.4) is 0 Å². The van der Waals surface area contributed by atoms with E-state index >= 15 is 0 Å². The Kier molecular flexibility index (Phi) is 7.78. The van der Waals surface area contributed by atoms with Crippen LogP contribution in [-0.2, 0) is 0 Å². The molecular formula is C57H37N3OS. The number of nitrogens with zero attached hydrogens (tertiary/aromatic N) is 3. The minimum Gasteiger partial charge on any atom is -0.453 e. The molecule has 1 atom stereocenters. The summed E-state index contributed by atoms with van der Waals surface area (Å²) in [5.41, 5.74) is 9.94. The second kappa shape index (κ2) is 13.7. The van der Waals surface area contributed by atoms with Gasteiger partial charge in [-0.1, -0.05) is 140 Å². The number of hydrogen-bond acceptors (Lipinski definition) is 4. The average Bonchev–Trinajstić information content (AvgIpc) is 4.00. The molecule has 0 aliphatic carbocycles. The van der Waals surface area contributed by atoms with Crippen molar-refractivity contribution in [2.75, 3.05) is 0 Å². The lowest BCUT2D eigenvalue weighted by atomic mass is 9.93. The van der Waals surface area contributed by atoms with E-state index in [-0.39, 0.29) is 5.92 Å². The number of rotatable bonds is 4. The zero-order valence-electron chi connectivity index (χ0n) is 33.8. The average molecular weight is 812 g/mol. The van der Waals surface area contributed by atoms with E-state index in [1.165, 1.54) is 41.7 Å². The van der Waals surface area contributed by atoms with E-state index in [9.17, 15) is 0 Å². The standard InChI is InChI=1S/C57H37N3OS/c1-34-23-28-47(39-25-30-52-46(32-39)42-20-10-12-22-51(42)62-52)58-57(59-54(34)36-14-3-2-4-15-36)44-27-29-49(56-53(44)43-26-24-35-13-7-8-18-40(35)55(43)61-56)60-48-21-11-9-19-41(48)45-31-37-16-5-6-17-38(37)33-50(45)60/h2-22,24-34H,23H2,1H3/b47-28+,58-57-,59-54+. The largest absolute Gasteiger partial charge is 0.453 e. The molecule has 1 aliphatic heterocycles. The Hall–Kier alpha value is -7.60. The quantitative estimate of drug-likeness (QED) is 0.175. The fourth-order valence-corrected chi connectivity index (χ4v) is 10.9. The second-order valence-corrected chi connectivity index (χ2v) is 17.6. The van der Waals surface area contributed by atoms with Gasteiger partial charge < -0.3 is 8.98 Å². The van der Waals surface area contributed by atoms with Gasteiger partial charge in [-0.05, 0) is 82.7 Å². The summed E-state index contributed by atoms with van der Waals surface area (Å²) < 4.78 is 12.2. The van der Waals surface area contributed by atoms with E-state index in [2.05, 4.69) is 200 Å². The van der Waals surface area contributed by atoms with Crippen LogP contribution in [0.15, 0.2) is 202 Å². The predicted octanol–water partition coefficient (Wildman–Crippen LogP) is 15.7. The summed E-state index contributed by atoms with van der Waals surface area (Å²) in [5, 5.41) is 11.6. The van der Waals surface area contributed by atoms with Crippen molar-refractivity contribution in [3.63, 3.8) is 0 Å². The topological polar surface area (TPSA) is 42.8 Å². The molecule has 4 nitrogen and oxygen atoms in total. The van der Waals surface area contributed by atoms with Gasteiger partial charge in [-0.15, -0.1) is 11.3 Å². The van der Waals surface area contributed by atoms with Crippen molar-refractivity contribution in [3.05, 3.63) is 205 Å². The first-order chi connectivity index (χ1) is 30.6. The van der Waals surface area contributed by atoms with E-state index < -0.39 is 0 Å². The Labute approximate surface area is 361 Å². The maximum Gasteiger partial charge on any atom is 0.160 e. The van der Waals surface area contributed by atoms with E-state index in [0.29, 0.717) is 5.84 Å². The molecule has 4 heterocycles. The van der Waals surface area contributed by atoms with Crippen molar-refractivity contribution < 1.29 is 4.42 Å². The van der Waals surface area contributed by atoms with Gasteiger partial charge in [-0.3, -0.25) is 0 Å². The molecule has 0 amide bonds. The van der Waals surface area contributed by atoms with Crippen LogP contribution in [0.2, 0.25) is 0 Å². The second-order valence-electron chi connectivity index (χ2n) is 16.5. The number of benzene rings is 9. The molecule has 12 aromatic rings. The third-order valence-electron chi connectivity index (χ3n) is 12.8. The summed E-state index contributed by atoms with van der Waals surface area (Å²) in [5.74, 6) is 0.799. The summed E-state index contributed by atoms with van der Waals surface area (Å²) in [4.78, 5) is 11.3. The van der Waals surface area contributed by atoms with E-state index in [0.717, 1.165) is 84.0 Å². The van der Waals surface area contributed by atoms with E-state index in [1.54, 1.807) is 0 Å². The first kappa shape index (κ1) is 35.2. The van der Waals surface area contributed by atoms with Crippen molar-refractivity contribution >= 4 is 114 Å². The van der Waals surface area contributed by atoms with Gasteiger partial charge in [0.05, 0.1) is 28.1 Å². The number of thiophene rings is 1. The molecule has 1 aliphatic rings. The highest BCUT2D eigenvalue weighted by molar-refractivity contribution is 7.25. The molecule has 1 unspecified atom stereocenters. The molecule has 62 heavy (non-hydrogen) atoms. The van der Waals surface area contributed by atoms with Crippen molar-refractivity contribution in [3.8, 4) is 5.69 Å². The van der Waals surface area contributed by atoms with Gasteiger partial charge in [-0.2, -0.15) is 0 Å². The van der Waals surface area contributed by atoms with Gasteiger partial charge in [0.25, 0.3) is 0 Å². The predicted molar refractivity (Wildman–Crippen MR) is 264 cm³/mol. The Morgan fingerprint density at radius 1 is 0.516 bits per heavy atom. The summed E-state index contributed by atoms with van der Waals surface area (Å²) >= 11 is 1.84. The maximum absolute atomic E-state index is 7.28. The van der Waals surface area contributed by atoms with Crippen LogP contribution in [0, 0.1) is 5.92 Å². The van der Waals surface area contributed by atoms with Crippen molar-refractivity contribution in [1.29, 1.82) is 0 Å². The zero-order valence-corrected chi connectivity index (χ0v) is 34.7. The zero-order chi connectivity index (χ0) is 40.9. The molecule has 0 bridgehead atoms. The number of amidine groups is 1. The molecule has 0 spiro atoms. The molecule has 0 saturated heterocycles. The highest BCUT2D eigenvalue weighted by Crippen LogP contribution is 2.43. The Bertz CT molecular complexity index is 3920. The molecule has 3 aromatic heterocycles. The molecule has 292 valence electrons. The van der Waals surface area contributed by atoms with Crippen molar-refractivity contribution in [2.45, 2.75) is 13.3 Å². The number of aliphatic imine (C=N–C) groups is 2. The highest BCUT2D eigenvalue weighted by Gasteiger charge is 2.25. The van der Waals surface area contributed by atoms with Gasteiger partial charge in [0.15, 0.2) is 11.4 Å². The monoisotopic (exact) mass is 811 g/mol. The van der Waals surface area contributed by atoms with Crippen LogP contribution >= 0.6 is 11.3 Å². The van der Waals surface area contributed by atoms with Crippen LogP contribution in [0.1, 0.15) is 30.0 Å². The van der Waals surface area contributed by atoms with Crippen molar-refractivity contribution in [1.82, 2.24) is 4.57 Å². The minimum absolute atomic E-state index is 0.135. The van der Waals surface area contributed by atoms with Gasteiger partial charge in [0.1, 0.15) is 5.58 Å². The van der Waals surface area contributed by atoms with Crippen LogP contribution < -0.4 is 0 Å². The summed E-state index contributed by atoms with van der Waals surface area (Å²) in [6.45, 7) is 2.28. The van der Waals surface area contributed by atoms with Gasteiger partial charge in [0.2, 0.25) is 0 Å². The fraction of sp³-hybridized carbons (Fsp3) is 0.0526. The molecule has 0 N–H and O–H groups in total. The number of allylic oxidation sites excluding steroid dienone is 1. The highest BCUT2D eigenvalue weighted by atomic mass is 32.1. The van der Waals surface area contributed by atoms with Gasteiger partial charge >= 0.3 is 0 Å². The SMILES string of the molecule is CC1C/C=C(c2ccc3sc4ccccc4c3c2)/N=C(c2ccc(-n3c4ccccc4c4cc5ccccc5cc43)c3oc4c5ccccc5ccc4c23)\N=C/1c1ccccc1. The van der Waals surface area contributed by atoms with Crippen LogP contribution in [0.25, 0.3) is 96.8 Å². The maximum atomic E-state index is 7.28. The number of para-hydroxylation sites is 1. The third-order valence-corrected chi connectivity index (χ3v) is 14.0. The smallest absolute Gasteiger partial charge is 0.160 e. The Morgan fingerprint density at radius 3 is 2.11 bits per heavy atom. The van der Waals surface area contributed by atoms with Crippen molar-refractivity contribution in [2.24, 2.45) is 15.9 Å². The number of aromatic nitrogens is 1. The summed E-state index contributed by atoms with van der Waals surface area (Å²) in [6, 6.07) is 65.4. The van der Waals surface area contributed by atoms with Crippen LogP contribution in [0.5, 0.6) is 0 Å². The Morgan fingerprint density at radius 2 is 1.24 bits per heavy atom. The van der Waals surface area contributed by atoms with E-state index in [1.807, 2.05) is 11.3 Å². The first-order valence-electron chi connectivity index (χ1n) is 21.3. The molecular weight excluding hydrogens is 775 g/mol. The molecule has 13 rings (SSSR count). The molecule has 0 radical (unpaired) electrons. The first-order valence-corrected chi connectivity index (χ1v) is 22.1. The minimum atomic E-state index is 0.135. The lowest BCUT2D eigenvalue weighted by Gasteiger charge is -2.19. The van der Waals surface area contributed by atoms with Gasteiger partial charge in [-0.25, -0.2) is 9.98 Å².